The second-order valence-corrected chi connectivity index (χ2v) is 5.38. The van der Waals surface area contributed by atoms with Gasteiger partial charge in [-0.25, -0.2) is 14.8 Å². The van der Waals surface area contributed by atoms with Crippen LogP contribution in [0.2, 0.25) is 0 Å². The number of pyridine rings is 1. The van der Waals surface area contributed by atoms with Crippen LogP contribution in [0.3, 0.4) is 0 Å². The highest BCUT2D eigenvalue weighted by atomic mass is 32.2. The molecule has 0 aliphatic heterocycles. The summed E-state index contributed by atoms with van der Waals surface area (Å²) in [5, 5.41) is 9.98. The molecule has 3 aromatic rings. The van der Waals surface area contributed by atoms with Crippen molar-refractivity contribution in [1.29, 1.82) is 0 Å². The lowest BCUT2D eigenvalue weighted by Gasteiger charge is -2.04. The van der Waals surface area contributed by atoms with Crippen molar-refractivity contribution in [3.8, 4) is 16.9 Å². The second kappa shape index (κ2) is 6.03. The number of carboxylic acid groups (broad SMARTS) is 1. The Bertz CT molecular complexity index is 830. The molecule has 0 atom stereocenters. The zero-order valence-corrected chi connectivity index (χ0v) is 12.6. The number of aromatic carboxylic acids is 1. The Kier molecular flexibility index (Phi) is 3.93. The highest BCUT2D eigenvalue weighted by Crippen LogP contribution is 2.27. The van der Waals surface area contributed by atoms with E-state index >= 15 is 0 Å². The topological polar surface area (TPSA) is 68.0 Å². The van der Waals surface area contributed by atoms with Crippen LogP contribution in [0.1, 0.15) is 10.4 Å². The summed E-state index contributed by atoms with van der Waals surface area (Å²) in [5.74, 6) is -0.945. The van der Waals surface area contributed by atoms with Crippen molar-refractivity contribution >= 4 is 17.7 Å². The molecule has 2 aromatic heterocycles. The molecule has 2 heterocycles. The maximum atomic E-state index is 11.1. The fourth-order valence-electron chi connectivity index (χ4n) is 2.15. The molecule has 3 rings (SSSR count). The first-order valence-corrected chi connectivity index (χ1v) is 7.78. The van der Waals surface area contributed by atoms with E-state index in [-0.39, 0.29) is 5.56 Å². The first-order chi connectivity index (χ1) is 10.7. The van der Waals surface area contributed by atoms with Crippen LogP contribution in [0.15, 0.2) is 60.1 Å². The van der Waals surface area contributed by atoms with Gasteiger partial charge in [0.1, 0.15) is 5.03 Å². The largest absolute Gasteiger partial charge is 0.478 e. The number of thioether (sulfide) groups is 1. The van der Waals surface area contributed by atoms with E-state index in [4.69, 9.17) is 5.11 Å². The molecule has 110 valence electrons. The molecule has 0 radical (unpaired) electrons. The third-order valence-corrected chi connectivity index (χ3v) is 3.93. The highest BCUT2D eigenvalue weighted by Gasteiger charge is 2.10. The van der Waals surface area contributed by atoms with Gasteiger partial charge in [0.15, 0.2) is 0 Å². The number of carboxylic acids is 1. The summed E-state index contributed by atoms with van der Waals surface area (Å²) in [5.41, 5.74) is 2.77. The van der Waals surface area contributed by atoms with E-state index in [9.17, 15) is 4.79 Å². The second-order valence-electron chi connectivity index (χ2n) is 4.58. The van der Waals surface area contributed by atoms with Gasteiger partial charge in [-0.15, -0.1) is 11.8 Å². The molecule has 0 saturated carbocycles. The van der Waals surface area contributed by atoms with Crippen LogP contribution in [0.25, 0.3) is 16.9 Å². The smallest absolute Gasteiger partial charge is 0.335 e. The van der Waals surface area contributed by atoms with Crippen LogP contribution in [0, 0.1) is 0 Å². The van der Waals surface area contributed by atoms with Crippen molar-refractivity contribution in [3.63, 3.8) is 0 Å². The summed E-state index contributed by atoms with van der Waals surface area (Å²) in [6.07, 6.45) is 7.27. The van der Waals surface area contributed by atoms with Crippen molar-refractivity contribution < 1.29 is 9.90 Å². The summed E-state index contributed by atoms with van der Waals surface area (Å²) in [6.45, 7) is 0. The average Bonchev–Trinajstić information content (AvgIpc) is 3.04. The van der Waals surface area contributed by atoms with E-state index in [0.717, 1.165) is 22.0 Å². The number of hydrogen-bond donors (Lipinski definition) is 1. The summed E-state index contributed by atoms with van der Waals surface area (Å²) < 4.78 is 1.80. The molecule has 0 unspecified atom stereocenters. The van der Waals surface area contributed by atoms with Crippen molar-refractivity contribution in [3.05, 3.63) is 60.7 Å². The lowest BCUT2D eigenvalue weighted by Crippen LogP contribution is -1.98. The van der Waals surface area contributed by atoms with Gasteiger partial charge in [-0.3, -0.25) is 0 Å². The minimum absolute atomic E-state index is 0.249. The highest BCUT2D eigenvalue weighted by molar-refractivity contribution is 7.98. The van der Waals surface area contributed by atoms with Crippen LogP contribution in [0.4, 0.5) is 0 Å². The number of hydrogen-bond acceptors (Lipinski definition) is 4. The van der Waals surface area contributed by atoms with Gasteiger partial charge in [-0.2, -0.15) is 0 Å². The minimum Gasteiger partial charge on any atom is -0.478 e. The predicted octanol–water partition coefficient (Wildman–Crippen LogP) is 3.35. The standard InChI is InChI=1S/C16H13N3O2S/c1-22-15-13(6-3-7-17-15)14-9-19(10-18-14)12-5-2-4-11(8-12)16(20)21/h2-10H,1H3,(H,20,21). The molecule has 0 bridgehead atoms. The molecule has 0 fully saturated rings. The van der Waals surface area contributed by atoms with Gasteiger partial charge >= 0.3 is 5.97 Å². The molecule has 22 heavy (non-hydrogen) atoms. The Morgan fingerprint density at radius 3 is 2.86 bits per heavy atom. The number of aromatic nitrogens is 3. The lowest BCUT2D eigenvalue weighted by molar-refractivity contribution is 0.0697. The van der Waals surface area contributed by atoms with Gasteiger partial charge in [0.25, 0.3) is 0 Å². The molecule has 5 nitrogen and oxygen atoms in total. The fraction of sp³-hybridized carbons (Fsp3) is 0.0625. The number of imidazole rings is 1. The Balaban J connectivity index is 2.01. The van der Waals surface area contributed by atoms with Gasteiger partial charge < -0.3 is 9.67 Å². The van der Waals surface area contributed by atoms with E-state index < -0.39 is 5.97 Å². The first kappa shape index (κ1) is 14.3. The summed E-state index contributed by atoms with van der Waals surface area (Å²) in [6, 6.07) is 10.6. The van der Waals surface area contributed by atoms with Crippen LogP contribution in [-0.2, 0) is 0 Å². The zero-order valence-electron chi connectivity index (χ0n) is 11.8. The van der Waals surface area contributed by atoms with Crippen LogP contribution in [0.5, 0.6) is 0 Å². The predicted molar refractivity (Wildman–Crippen MR) is 85.5 cm³/mol. The quantitative estimate of drug-likeness (QED) is 0.748. The lowest BCUT2D eigenvalue weighted by atomic mass is 10.2. The van der Waals surface area contributed by atoms with E-state index in [0.29, 0.717) is 0 Å². The molecular weight excluding hydrogens is 298 g/mol. The maximum absolute atomic E-state index is 11.1. The zero-order chi connectivity index (χ0) is 15.5. The maximum Gasteiger partial charge on any atom is 0.335 e. The molecule has 1 aromatic carbocycles. The monoisotopic (exact) mass is 311 g/mol. The third-order valence-electron chi connectivity index (χ3n) is 3.21. The van der Waals surface area contributed by atoms with Gasteiger partial charge in [-0.05, 0) is 36.6 Å². The first-order valence-electron chi connectivity index (χ1n) is 6.56. The van der Waals surface area contributed by atoms with E-state index in [1.807, 2.05) is 30.7 Å². The Morgan fingerprint density at radius 1 is 1.23 bits per heavy atom. The van der Waals surface area contributed by atoms with Crippen molar-refractivity contribution in [1.82, 2.24) is 14.5 Å². The molecule has 0 aliphatic carbocycles. The fourth-order valence-corrected chi connectivity index (χ4v) is 2.71. The number of nitrogens with zero attached hydrogens (tertiary/aromatic N) is 3. The van der Waals surface area contributed by atoms with Crippen molar-refractivity contribution in [2.75, 3.05) is 6.26 Å². The van der Waals surface area contributed by atoms with Crippen molar-refractivity contribution in [2.24, 2.45) is 0 Å². The van der Waals surface area contributed by atoms with Gasteiger partial charge in [0, 0.05) is 23.6 Å². The SMILES string of the molecule is CSc1ncccc1-c1cn(-c2cccc(C(=O)O)c2)cn1. The van der Waals surface area contributed by atoms with Gasteiger partial charge in [0.05, 0.1) is 17.6 Å². The molecule has 6 heteroatoms. The number of rotatable bonds is 4. The molecule has 0 spiro atoms. The Hall–Kier alpha value is -2.60. The average molecular weight is 311 g/mol. The molecule has 1 N–H and O–H groups in total. The normalized spacial score (nSPS) is 10.6. The van der Waals surface area contributed by atoms with E-state index in [1.165, 1.54) is 0 Å². The molecule has 0 aliphatic rings. The van der Waals surface area contributed by atoms with Gasteiger partial charge in [-0.1, -0.05) is 6.07 Å². The van der Waals surface area contributed by atoms with Crippen molar-refractivity contribution in [2.45, 2.75) is 5.03 Å². The van der Waals surface area contributed by atoms with E-state index in [2.05, 4.69) is 9.97 Å². The van der Waals surface area contributed by atoms with Crippen LogP contribution in [-0.4, -0.2) is 31.9 Å². The Morgan fingerprint density at radius 2 is 2.09 bits per heavy atom. The molecular formula is C16H13N3O2S. The summed E-state index contributed by atoms with van der Waals surface area (Å²) in [7, 11) is 0. The van der Waals surface area contributed by atoms with Crippen LogP contribution >= 0.6 is 11.8 Å². The molecule has 0 amide bonds. The number of benzene rings is 1. The van der Waals surface area contributed by atoms with E-state index in [1.54, 1.807) is 47.1 Å². The Labute approximate surface area is 131 Å². The molecule has 0 saturated heterocycles. The summed E-state index contributed by atoms with van der Waals surface area (Å²) in [4.78, 5) is 19.8. The van der Waals surface area contributed by atoms with Crippen LogP contribution < -0.4 is 0 Å². The van der Waals surface area contributed by atoms with Gasteiger partial charge in [0.2, 0.25) is 0 Å². The summed E-state index contributed by atoms with van der Waals surface area (Å²) >= 11 is 1.56. The third kappa shape index (κ3) is 2.73. The number of carbonyl (C=O) groups is 1. The minimum atomic E-state index is -0.945.